The van der Waals surface area contributed by atoms with Crippen LogP contribution in [0.1, 0.15) is 5.56 Å². The fraction of sp³-hybridized carbons (Fsp3) is 0. The number of nitrogens with zero attached hydrogens (tertiary/aromatic N) is 5. The number of hydrogen-bond acceptors (Lipinski definition) is 1. The Labute approximate surface area is 316 Å². The smallest absolute Gasteiger partial charge is 0.218 e. The second-order valence-electron chi connectivity index (χ2n) is 13.9. The summed E-state index contributed by atoms with van der Waals surface area (Å²) in [5, 5.41) is 16.9. The van der Waals surface area contributed by atoms with E-state index in [4.69, 9.17) is 6.57 Å². The normalized spacial score (nSPS) is 11.6. The van der Waals surface area contributed by atoms with Gasteiger partial charge in [0, 0.05) is 38.0 Å². The van der Waals surface area contributed by atoms with Gasteiger partial charge >= 0.3 is 0 Å². The van der Waals surface area contributed by atoms with Gasteiger partial charge in [0.1, 0.15) is 6.07 Å². The highest BCUT2D eigenvalue weighted by atomic mass is 15.0. The maximum atomic E-state index is 10.1. The lowest BCUT2D eigenvalue weighted by Gasteiger charge is -2.15. The first kappa shape index (κ1) is 30.7. The van der Waals surface area contributed by atoms with E-state index in [2.05, 4.69) is 170 Å². The van der Waals surface area contributed by atoms with E-state index in [1.54, 1.807) is 0 Å². The van der Waals surface area contributed by atoms with Crippen LogP contribution in [0.4, 0.5) is 5.69 Å². The summed E-state index contributed by atoms with van der Waals surface area (Å²) in [5.41, 5.74) is 12.3. The Balaban J connectivity index is 1.11. The third-order valence-corrected chi connectivity index (χ3v) is 11.1. The monoisotopic (exact) mass is 699 g/mol. The van der Waals surface area contributed by atoms with Crippen molar-refractivity contribution in [3.8, 4) is 34.3 Å². The summed E-state index contributed by atoms with van der Waals surface area (Å²) in [6, 6.07) is 63.3. The van der Waals surface area contributed by atoms with Gasteiger partial charge in [-0.1, -0.05) is 115 Å². The van der Waals surface area contributed by atoms with Crippen LogP contribution in [-0.2, 0) is 0 Å². The Morgan fingerprint density at radius 2 is 0.927 bits per heavy atom. The van der Waals surface area contributed by atoms with Crippen LogP contribution in [0.5, 0.6) is 0 Å². The molecule has 5 heteroatoms. The van der Waals surface area contributed by atoms with Gasteiger partial charge in [0.25, 0.3) is 0 Å². The van der Waals surface area contributed by atoms with Crippen LogP contribution < -0.4 is 0 Å². The van der Waals surface area contributed by atoms with Crippen LogP contribution in [0, 0.1) is 17.9 Å². The van der Waals surface area contributed by atoms with E-state index < -0.39 is 0 Å². The lowest BCUT2D eigenvalue weighted by molar-refractivity contribution is 1.17. The molecule has 5 nitrogen and oxygen atoms in total. The minimum atomic E-state index is 0.587. The van der Waals surface area contributed by atoms with E-state index in [9.17, 15) is 5.26 Å². The first-order chi connectivity index (χ1) is 27.2. The lowest BCUT2D eigenvalue weighted by Crippen LogP contribution is -1.98. The van der Waals surface area contributed by atoms with Crippen molar-refractivity contribution in [3.05, 3.63) is 193 Å². The number of para-hydroxylation sites is 6. The Morgan fingerprint density at radius 3 is 1.58 bits per heavy atom. The van der Waals surface area contributed by atoms with Crippen LogP contribution in [0.3, 0.4) is 0 Å². The van der Waals surface area contributed by atoms with E-state index in [-0.39, 0.29) is 0 Å². The molecule has 0 amide bonds. The van der Waals surface area contributed by atoms with Gasteiger partial charge < -0.3 is 13.7 Å². The van der Waals surface area contributed by atoms with Crippen LogP contribution in [0.25, 0.3) is 98.5 Å². The minimum Gasteiger partial charge on any atom is -0.319 e. The van der Waals surface area contributed by atoms with Gasteiger partial charge in [-0.15, -0.1) is 0 Å². The molecule has 0 atom stereocenters. The van der Waals surface area contributed by atoms with Crippen molar-refractivity contribution in [2.24, 2.45) is 0 Å². The average Bonchev–Trinajstić information content (AvgIpc) is 3.89. The first-order valence-corrected chi connectivity index (χ1v) is 18.3. The standard InChI is InChI=1S/C50H29N5/c1-52-49-35(32-27-29-34(30-28-32)53-41-20-6-4-16-38(41)39-19-10-13-33(31-51)50(39)53)18-11-26-47(49)55-44-23-9-5-17-40(44)48-45(24-12-25-46(48)55)54-42-21-7-2-14-36(42)37-15-3-8-22-43(37)54/h2-30H. The van der Waals surface area contributed by atoms with E-state index in [1.807, 2.05) is 30.3 Å². The van der Waals surface area contributed by atoms with Gasteiger partial charge in [0.2, 0.25) is 5.69 Å². The number of benzene rings is 8. The molecule has 0 fully saturated rings. The van der Waals surface area contributed by atoms with Crippen molar-refractivity contribution in [1.82, 2.24) is 13.7 Å². The fourth-order valence-corrected chi connectivity index (χ4v) is 8.86. The van der Waals surface area contributed by atoms with E-state index in [1.165, 1.54) is 10.8 Å². The topological polar surface area (TPSA) is 42.9 Å². The molecule has 0 bridgehead atoms. The van der Waals surface area contributed by atoms with Gasteiger partial charge in [-0.25, -0.2) is 4.85 Å². The molecule has 11 rings (SSSR count). The van der Waals surface area contributed by atoms with Crippen molar-refractivity contribution in [3.63, 3.8) is 0 Å². The molecule has 55 heavy (non-hydrogen) atoms. The molecular weight excluding hydrogens is 671 g/mol. The molecule has 0 unspecified atom stereocenters. The summed E-state index contributed by atoms with van der Waals surface area (Å²) in [5.74, 6) is 0. The highest BCUT2D eigenvalue weighted by molar-refractivity contribution is 6.17. The minimum absolute atomic E-state index is 0.587. The Kier molecular flexibility index (Phi) is 6.61. The van der Waals surface area contributed by atoms with E-state index in [0.29, 0.717) is 11.3 Å². The predicted octanol–water partition coefficient (Wildman–Crippen LogP) is 13.1. The molecule has 0 aliphatic heterocycles. The highest BCUT2D eigenvalue weighted by Gasteiger charge is 2.22. The number of fused-ring (bicyclic) bond motifs is 9. The third-order valence-electron chi connectivity index (χ3n) is 11.1. The molecule has 0 saturated heterocycles. The summed E-state index contributed by atoms with van der Waals surface area (Å²) in [6.07, 6.45) is 0. The molecular formula is C50H29N5. The summed E-state index contributed by atoms with van der Waals surface area (Å²) in [4.78, 5) is 4.23. The van der Waals surface area contributed by atoms with Gasteiger partial charge in [0.05, 0.1) is 56.6 Å². The molecule has 8 aromatic carbocycles. The quantitative estimate of drug-likeness (QED) is 0.169. The first-order valence-electron chi connectivity index (χ1n) is 18.3. The van der Waals surface area contributed by atoms with Crippen molar-refractivity contribution in [2.75, 3.05) is 0 Å². The molecule has 11 aromatic rings. The Bertz CT molecular complexity index is 3400. The number of aromatic nitrogens is 3. The summed E-state index contributed by atoms with van der Waals surface area (Å²) < 4.78 is 6.81. The van der Waals surface area contributed by atoms with E-state index in [0.717, 1.165) is 82.8 Å². The molecule has 0 spiro atoms. The second-order valence-corrected chi connectivity index (χ2v) is 13.9. The average molecular weight is 700 g/mol. The van der Waals surface area contributed by atoms with Gasteiger partial charge in [0.15, 0.2) is 0 Å². The zero-order valence-corrected chi connectivity index (χ0v) is 29.5. The lowest BCUT2D eigenvalue weighted by atomic mass is 10.0. The fourth-order valence-electron chi connectivity index (χ4n) is 8.86. The van der Waals surface area contributed by atoms with Crippen LogP contribution in [-0.4, -0.2) is 13.7 Å². The van der Waals surface area contributed by atoms with Crippen LogP contribution in [0.2, 0.25) is 0 Å². The molecule has 0 N–H and O–H groups in total. The maximum absolute atomic E-state index is 10.1. The molecule has 0 radical (unpaired) electrons. The zero-order chi connectivity index (χ0) is 36.6. The van der Waals surface area contributed by atoms with Crippen molar-refractivity contribution >= 4 is 71.1 Å². The summed E-state index contributed by atoms with van der Waals surface area (Å²) in [7, 11) is 0. The molecule has 0 saturated carbocycles. The molecule has 3 heterocycles. The predicted molar refractivity (Wildman–Crippen MR) is 226 cm³/mol. The number of rotatable bonds is 4. The zero-order valence-electron chi connectivity index (χ0n) is 29.5. The third kappa shape index (κ3) is 4.33. The van der Waals surface area contributed by atoms with Crippen LogP contribution in [0.15, 0.2) is 176 Å². The van der Waals surface area contributed by atoms with Crippen LogP contribution >= 0.6 is 0 Å². The SMILES string of the molecule is [C-]#[N+]c1c(-c2ccc(-n3c4ccccc4c4cccc(C#N)c43)cc2)cccc1-n1c2ccccc2c2c(-n3c4ccccc4c4ccccc43)cccc21. The van der Waals surface area contributed by atoms with Gasteiger partial charge in [-0.3, -0.25) is 0 Å². The Hall–Kier alpha value is -7.86. The van der Waals surface area contributed by atoms with Crippen molar-refractivity contribution in [1.29, 1.82) is 5.26 Å². The molecule has 254 valence electrons. The molecule has 0 aliphatic rings. The number of hydrogen-bond donors (Lipinski definition) is 0. The highest BCUT2D eigenvalue weighted by Crippen LogP contribution is 2.44. The summed E-state index contributed by atoms with van der Waals surface area (Å²) >= 11 is 0. The largest absolute Gasteiger partial charge is 0.319 e. The molecule has 0 aliphatic carbocycles. The number of nitriles is 1. The van der Waals surface area contributed by atoms with Crippen molar-refractivity contribution in [2.45, 2.75) is 0 Å². The Morgan fingerprint density at radius 1 is 0.436 bits per heavy atom. The molecule has 3 aromatic heterocycles. The van der Waals surface area contributed by atoms with Crippen molar-refractivity contribution < 1.29 is 0 Å². The van der Waals surface area contributed by atoms with Gasteiger partial charge in [-0.05, 0) is 71.8 Å². The second kappa shape index (κ2) is 11.8. The van der Waals surface area contributed by atoms with E-state index >= 15 is 0 Å². The van der Waals surface area contributed by atoms with Gasteiger partial charge in [-0.2, -0.15) is 5.26 Å². The maximum Gasteiger partial charge on any atom is 0.218 e. The summed E-state index contributed by atoms with van der Waals surface area (Å²) in [6.45, 7) is 8.58.